The van der Waals surface area contributed by atoms with Gasteiger partial charge >= 0.3 is 0 Å². The summed E-state index contributed by atoms with van der Waals surface area (Å²) in [5, 5.41) is 13.7. The molecular weight excluding hydrogens is 346 g/mol. The molecule has 25 heavy (non-hydrogen) atoms. The number of carbonyl (C=O) groups excluding carboxylic acids is 1. The van der Waals surface area contributed by atoms with E-state index in [9.17, 15) is 23.3 Å². The summed E-state index contributed by atoms with van der Waals surface area (Å²) in [6, 6.07) is 10.1. The lowest BCUT2D eigenvalue weighted by molar-refractivity contribution is -0.385. The molecule has 2 rings (SSSR count). The van der Waals surface area contributed by atoms with Crippen LogP contribution in [0.3, 0.4) is 0 Å². The number of nitro groups is 1. The Labute approximate surface area is 145 Å². The number of nitrogens with one attached hydrogen (secondary N) is 1. The summed E-state index contributed by atoms with van der Waals surface area (Å²) in [6.45, 7) is 1.54. The van der Waals surface area contributed by atoms with E-state index in [1.54, 1.807) is 19.1 Å². The first-order valence-electron chi connectivity index (χ1n) is 7.22. The smallest absolute Gasteiger partial charge is 0.285 e. The minimum Gasteiger partial charge on any atom is -0.322 e. The number of nitrogens with zero attached hydrogens (tertiary/aromatic N) is 2. The van der Waals surface area contributed by atoms with Gasteiger partial charge in [0.25, 0.3) is 11.6 Å². The Morgan fingerprint density at radius 2 is 1.80 bits per heavy atom. The predicted molar refractivity (Wildman–Crippen MR) is 93.1 cm³/mol. The van der Waals surface area contributed by atoms with Crippen LogP contribution in [-0.2, 0) is 10.0 Å². The van der Waals surface area contributed by atoms with Crippen LogP contribution in [0.1, 0.15) is 15.9 Å². The summed E-state index contributed by atoms with van der Waals surface area (Å²) in [7, 11) is -0.855. The summed E-state index contributed by atoms with van der Waals surface area (Å²) in [4.78, 5) is 23.0. The highest BCUT2D eigenvalue weighted by atomic mass is 32.2. The van der Waals surface area contributed by atoms with Gasteiger partial charge in [-0.25, -0.2) is 12.7 Å². The van der Waals surface area contributed by atoms with Gasteiger partial charge in [-0.05, 0) is 31.2 Å². The number of para-hydroxylation sites is 1. The molecule has 0 unspecified atom stereocenters. The van der Waals surface area contributed by atoms with Crippen LogP contribution in [0.15, 0.2) is 47.4 Å². The molecule has 0 saturated carbocycles. The third kappa shape index (κ3) is 3.83. The zero-order valence-electron chi connectivity index (χ0n) is 13.9. The van der Waals surface area contributed by atoms with Gasteiger partial charge in [0, 0.05) is 25.3 Å². The minimum atomic E-state index is -3.65. The van der Waals surface area contributed by atoms with Crippen LogP contribution in [0, 0.1) is 17.0 Å². The number of aryl methyl sites for hydroxylation is 1. The highest BCUT2D eigenvalue weighted by Gasteiger charge is 2.23. The average molecular weight is 363 g/mol. The number of benzene rings is 2. The summed E-state index contributed by atoms with van der Waals surface area (Å²) in [6.07, 6.45) is 0. The van der Waals surface area contributed by atoms with Gasteiger partial charge in [0.2, 0.25) is 10.0 Å². The van der Waals surface area contributed by atoms with Crippen LogP contribution < -0.4 is 5.32 Å². The van der Waals surface area contributed by atoms with Gasteiger partial charge in [-0.1, -0.05) is 18.2 Å². The van der Waals surface area contributed by atoms with Gasteiger partial charge in [-0.15, -0.1) is 0 Å². The van der Waals surface area contributed by atoms with Crippen molar-refractivity contribution < 1.29 is 18.1 Å². The molecular formula is C16H17N3O5S. The number of anilines is 1. The number of carbonyl (C=O) groups is 1. The van der Waals surface area contributed by atoms with Crippen molar-refractivity contribution in [3.05, 3.63) is 63.7 Å². The molecule has 8 nitrogen and oxygen atoms in total. The molecule has 0 aliphatic rings. The lowest BCUT2D eigenvalue weighted by Gasteiger charge is -2.13. The number of amides is 1. The van der Waals surface area contributed by atoms with E-state index in [2.05, 4.69) is 5.32 Å². The number of hydrogen-bond acceptors (Lipinski definition) is 5. The van der Waals surface area contributed by atoms with Gasteiger partial charge in [0.05, 0.1) is 9.82 Å². The van der Waals surface area contributed by atoms with Gasteiger partial charge in [0.1, 0.15) is 5.56 Å². The highest BCUT2D eigenvalue weighted by molar-refractivity contribution is 7.89. The molecule has 1 N–H and O–H groups in total. The van der Waals surface area contributed by atoms with E-state index in [0.29, 0.717) is 5.56 Å². The lowest BCUT2D eigenvalue weighted by atomic mass is 10.1. The Hall–Kier alpha value is -2.78. The predicted octanol–water partition coefficient (Wildman–Crippen LogP) is 2.41. The number of nitro benzene ring substituents is 1. The van der Waals surface area contributed by atoms with E-state index in [0.717, 1.165) is 4.31 Å². The van der Waals surface area contributed by atoms with Crippen LogP contribution in [0.5, 0.6) is 0 Å². The maximum Gasteiger partial charge on any atom is 0.285 e. The average Bonchev–Trinajstić information content (AvgIpc) is 2.54. The molecule has 0 atom stereocenters. The lowest BCUT2D eigenvalue weighted by Crippen LogP contribution is -2.22. The number of hydrogen-bond donors (Lipinski definition) is 1. The second-order valence-corrected chi connectivity index (χ2v) is 7.65. The third-order valence-electron chi connectivity index (χ3n) is 3.54. The van der Waals surface area contributed by atoms with E-state index >= 15 is 0 Å². The topological polar surface area (TPSA) is 110 Å². The van der Waals surface area contributed by atoms with Crippen molar-refractivity contribution in [3.63, 3.8) is 0 Å². The molecule has 0 radical (unpaired) electrons. The molecule has 0 aliphatic heterocycles. The standard InChI is InChI=1S/C16H17N3O5S/c1-11-6-4-9-14(15(11)19(21)22)16(20)17-12-7-5-8-13(10-12)25(23,24)18(2)3/h4-10H,1-3H3,(H,17,20). The normalized spacial score (nSPS) is 11.4. The highest BCUT2D eigenvalue weighted by Crippen LogP contribution is 2.25. The van der Waals surface area contributed by atoms with Crippen LogP contribution in [-0.4, -0.2) is 37.6 Å². The van der Waals surface area contributed by atoms with Crippen LogP contribution in [0.25, 0.3) is 0 Å². The van der Waals surface area contributed by atoms with Gasteiger partial charge in [0.15, 0.2) is 0 Å². The number of sulfonamides is 1. The molecule has 0 fully saturated rings. The Kier molecular flexibility index (Phi) is 5.19. The molecule has 0 aliphatic carbocycles. The molecule has 0 aromatic heterocycles. The van der Waals surface area contributed by atoms with Crippen molar-refractivity contribution in [2.45, 2.75) is 11.8 Å². The summed E-state index contributed by atoms with van der Waals surface area (Å²) >= 11 is 0. The zero-order chi connectivity index (χ0) is 18.8. The first-order valence-corrected chi connectivity index (χ1v) is 8.66. The molecule has 2 aromatic rings. The first kappa shape index (κ1) is 18.6. The molecule has 0 bridgehead atoms. The van der Waals surface area contributed by atoms with Crippen molar-refractivity contribution in [3.8, 4) is 0 Å². The molecule has 0 saturated heterocycles. The monoisotopic (exact) mass is 363 g/mol. The van der Waals surface area contributed by atoms with E-state index in [1.165, 1.54) is 44.4 Å². The second kappa shape index (κ2) is 6.99. The molecule has 2 aromatic carbocycles. The molecule has 9 heteroatoms. The Bertz CT molecular complexity index is 939. The van der Waals surface area contributed by atoms with Gasteiger partial charge < -0.3 is 5.32 Å². The van der Waals surface area contributed by atoms with Crippen LogP contribution >= 0.6 is 0 Å². The van der Waals surface area contributed by atoms with Gasteiger partial charge in [-0.2, -0.15) is 0 Å². The fraction of sp³-hybridized carbons (Fsp3) is 0.188. The maximum atomic E-state index is 12.4. The second-order valence-electron chi connectivity index (χ2n) is 5.50. The minimum absolute atomic E-state index is 0.00837. The van der Waals surface area contributed by atoms with E-state index in [-0.39, 0.29) is 21.8 Å². The van der Waals surface area contributed by atoms with E-state index in [1.807, 2.05) is 0 Å². The number of rotatable bonds is 5. The molecule has 1 amide bonds. The first-order chi connectivity index (χ1) is 11.6. The Morgan fingerprint density at radius 1 is 1.16 bits per heavy atom. The molecule has 132 valence electrons. The SMILES string of the molecule is Cc1cccc(C(=O)Nc2cccc(S(=O)(=O)N(C)C)c2)c1[N+](=O)[O-]. The largest absolute Gasteiger partial charge is 0.322 e. The third-order valence-corrected chi connectivity index (χ3v) is 5.35. The van der Waals surface area contributed by atoms with Crippen molar-refractivity contribution in [2.24, 2.45) is 0 Å². The fourth-order valence-electron chi connectivity index (χ4n) is 2.23. The maximum absolute atomic E-state index is 12.4. The van der Waals surface area contributed by atoms with Crippen molar-refractivity contribution in [1.29, 1.82) is 0 Å². The summed E-state index contributed by atoms with van der Waals surface area (Å²) in [5.74, 6) is -0.685. The van der Waals surface area contributed by atoms with E-state index < -0.39 is 20.9 Å². The van der Waals surface area contributed by atoms with Crippen molar-refractivity contribution in [2.75, 3.05) is 19.4 Å². The molecule has 0 spiro atoms. The Balaban J connectivity index is 2.38. The van der Waals surface area contributed by atoms with Crippen LogP contribution in [0.2, 0.25) is 0 Å². The van der Waals surface area contributed by atoms with Crippen molar-refractivity contribution in [1.82, 2.24) is 4.31 Å². The van der Waals surface area contributed by atoms with E-state index in [4.69, 9.17) is 0 Å². The van der Waals surface area contributed by atoms with Crippen LogP contribution in [0.4, 0.5) is 11.4 Å². The fourth-order valence-corrected chi connectivity index (χ4v) is 3.18. The quantitative estimate of drug-likeness (QED) is 0.648. The summed E-state index contributed by atoms with van der Waals surface area (Å²) in [5.41, 5.74) is 0.216. The summed E-state index contributed by atoms with van der Waals surface area (Å²) < 4.78 is 25.4. The molecule has 0 heterocycles. The van der Waals surface area contributed by atoms with Crippen molar-refractivity contribution >= 4 is 27.3 Å². The van der Waals surface area contributed by atoms with Gasteiger partial charge in [-0.3, -0.25) is 14.9 Å². The zero-order valence-corrected chi connectivity index (χ0v) is 14.7. The Morgan fingerprint density at radius 3 is 2.40 bits per heavy atom.